The predicted octanol–water partition coefficient (Wildman–Crippen LogP) is 1.23. The van der Waals surface area contributed by atoms with E-state index in [1.54, 1.807) is 7.11 Å². The number of nitrogens with zero attached hydrogens (tertiary/aromatic N) is 4. The van der Waals surface area contributed by atoms with Gasteiger partial charge < -0.3 is 19.2 Å². The maximum Gasteiger partial charge on any atom is 0.203 e. The Morgan fingerprint density at radius 3 is 2.95 bits per heavy atom. The largest absolute Gasteiger partial charge is 0.383 e. The third-order valence-corrected chi connectivity index (χ3v) is 2.98. The zero-order valence-electron chi connectivity index (χ0n) is 11.8. The molecule has 6 nitrogen and oxygen atoms in total. The molecule has 6 heteroatoms. The van der Waals surface area contributed by atoms with Crippen LogP contribution in [0.15, 0.2) is 18.6 Å². The predicted molar refractivity (Wildman–Crippen MR) is 74.2 cm³/mol. The molecular formula is C13H21N5O. The molecule has 0 radical (unpaired) electrons. The molecule has 0 atom stereocenters. The molecule has 0 spiro atoms. The van der Waals surface area contributed by atoms with Gasteiger partial charge in [0.2, 0.25) is 5.95 Å². The van der Waals surface area contributed by atoms with Crippen molar-refractivity contribution < 1.29 is 4.74 Å². The van der Waals surface area contributed by atoms with Gasteiger partial charge in [-0.15, -0.1) is 0 Å². The summed E-state index contributed by atoms with van der Waals surface area (Å²) >= 11 is 0. The summed E-state index contributed by atoms with van der Waals surface area (Å²) in [5.41, 5.74) is 1.01. The Bertz CT molecular complexity index is 517. The summed E-state index contributed by atoms with van der Waals surface area (Å²) in [6, 6.07) is 0. The zero-order valence-corrected chi connectivity index (χ0v) is 11.8. The van der Waals surface area contributed by atoms with E-state index in [1.807, 2.05) is 30.9 Å². The minimum atomic E-state index is 0.672. The first kappa shape index (κ1) is 13.6. The molecular weight excluding hydrogens is 242 g/mol. The monoisotopic (exact) mass is 263 g/mol. The molecule has 0 aliphatic rings. The first-order chi connectivity index (χ1) is 9.20. The van der Waals surface area contributed by atoms with Gasteiger partial charge in [-0.05, 0) is 6.92 Å². The van der Waals surface area contributed by atoms with Crippen molar-refractivity contribution in [1.82, 2.24) is 19.1 Å². The molecule has 1 N–H and O–H groups in total. The fourth-order valence-electron chi connectivity index (χ4n) is 1.98. The quantitative estimate of drug-likeness (QED) is 0.763. The van der Waals surface area contributed by atoms with Gasteiger partial charge in [-0.2, -0.15) is 0 Å². The average molecular weight is 263 g/mol. The summed E-state index contributed by atoms with van der Waals surface area (Å²) in [6.45, 7) is 4.29. The Labute approximate surface area is 113 Å². The zero-order chi connectivity index (χ0) is 13.7. The van der Waals surface area contributed by atoms with Crippen molar-refractivity contribution in [3.05, 3.63) is 30.1 Å². The maximum atomic E-state index is 5.03. The first-order valence-electron chi connectivity index (χ1n) is 6.43. The van der Waals surface area contributed by atoms with Gasteiger partial charge in [0.25, 0.3) is 0 Å². The maximum absolute atomic E-state index is 5.03. The van der Waals surface area contributed by atoms with Crippen LogP contribution in [0.25, 0.3) is 0 Å². The van der Waals surface area contributed by atoms with E-state index in [2.05, 4.69) is 26.0 Å². The minimum absolute atomic E-state index is 0.672. The highest BCUT2D eigenvalue weighted by molar-refractivity contribution is 5.28. The van der Waals surface area contributed by atoms with E-state index < -0.39 is 0 Å². The van der Waals surface area contributed by atoms with Crippen molar-refractivity contribution in [1.29, 1.82) is 0 Å². The number of nitrogens with one attached hydrogen (secondary N) is 1. The van der Waals surface area contributed by atoms with Crippen LogP contribution in [0.5, 0.6) is 0 Å². The molecule has 0 saturated carbocycles. The summed E-state index contributed by atoms with van der Waals surface area (Å²) in [5, 5.41) is 3.28. The van der Waals surface area contributed by atoms with E-state index in [0.717, 1.165) is 37.0 Å². The standard InChI is InChI=1S/C13H21N5O/c1-11-10-18(13(16-11)15-6-9-19-3)7-4-12-14-5-8-17(12)2/h5,8,10H,4,6-7,9H2,1-3H3,(H,15,16). The van der Waals surface area contributed by atoms with Gasteiger partial charge in [0.15, 0.2) is 0 Å². The Morgan fingerprint density at radius 1 is 1.42 bits per heavy atom. The van der Waals surface area contributed by atoms with Crippen LogP contribution in [0, 0.1) is 6.92 Å². The third-order valence-electron chi connectivity index (χ3n) is 2.98. The van der Waals surface area contributed by atoms with Crippen LogP contribution in [0.2, 0.25) is 0 Å². The fraction of sp³-hybridized carbons (Fsp3) is 0.538. The Morgan fingerprint density at radius 2 is 2.26 bits per heavy atom. The lowest BCUT2D eigenvalue weighted by Crippen LogP contribution is -2.13. The molecule has 0 saturated heterocycles. The SMILES string of the molecule is COCCNc1nc(C)cn1CCc1nccn1C. The summed E-state index contributed by atoms with van der Waals surface area (Å²) < 4.78 is 9.20. The van der Waals surface area contributed by atoms with Crippen LogP contribution in [0.4, 0.5) is 5.95 Å². The highest BCUT2D eigenvalue weighted by Crippen LogP contribution is 2.09. The normalized spacial score (nSPS) is 10.9. The molecule has 0 amide bonds. The van der Waals surface area contributed by atoms with E-state index in [9.17, 15) is 0 Å². The number of aryl methyl sites for hydroxylation is 4. The number of aromatic nitrogens is 4. The molecule has 2 aromatic rings. The smallest absolute Gasteiger partial charge is 0.203 e. The number of methoxy groups -OCH3 is 1. The lowest BCUT2D eigenvalue weighted by Gasteiger charge is -2.09. The topological polar surface area (TPSA) is 56.9 Å². The molecule has 0 fully saturated rings. The van der Waals surface area contributed by atoms with Gasteiger partial charge in [-0.1, -0.05) is 0 Å². The number of imidazole rings is 2. The van der Waals surface area contributed by atoms with Crippen molar-refractivity contribution in [2.24, 2.45) is 7.05 Å². The number of anilines is 1. The van der Waals surface area contributed by atoms with Crippen molar-refractivity contribution >= 4 is 5.95 Å². The van der Waals surface area contributed by atoms with Crippen LogP contribution in [-0.4, -0.2) is 39.4 Å². The number of hydrogen-bond donors (Lipinski definition) is 1. The van der Waals surface area contributed by atoms with Gasteiger partial charge in [0, 0.05) is 52.3 Å². The summed E-state index contributed by atoms with van der Waals surface area (Å²) in [5.74, 6) is 1.97. The Kier molecular flexibility index (Phi) is 4.57. The average Bonchev–Trinajstić information content (AvgIpc) is 2.94. The second-order valence-corrected chi connectivity index (χ2v) is 4.52. The molecule has 0 bridgehead atoms. The molecule has 0 aromatic carbocycles. The van der Waals surface area contributed by atoms with E-state index >= 15 is 0 Å². The molecule has 19 heavy (non-hydrogen) atoms. The van der Waals surface area contributed by atoms with Crippen LogP contribution in [0.1, 0.15) is 11.5 Å². The van der Waals surface area contributed by atoms with Crippen LogP contribution >= 0.6 is 0 Å². The molecule has 0 unspecified atom stereocenters. The summed E-state index contributed by atoms with van der Waals surface area (Å²) in [6.07, 6.45) is 6.73. The van der Waals surface area contributed by atoms with Crippen LogP contribution in [0.3, 0.4) is 0 Å². The van der Waals surface area contributed by atoms with Gasteiger partial charge in [-0.3, -0.25) is 0 Å². The number of hydrogen-bond acceptors (Lipinski definition) is 4. The number of ether oxygens (including phenoxy) is 1. The highest BCUT2D eigenvalue weighted by Gasteiger charge is 2.06. The van der Waals surface area contributed by atoms with Crippen molar-refractivity contribution in [2.45, 2.75) is 19.9 Å². The fourth-order valence-corrected chi connectivity index (χ4v) is 1.98. The molecule has 0 aliphatic heterocycles. The number of rotatable bonds is 7. The Balaban J connectivity index is 1.97. The summed E-state index contributed by atoms with van der Waals surface area (Å²) in [7, 11) is 3.71. The van der Waals surface area contributed by atoms with Crippen molar-refractivity contribution in [2.75, 3.05) is 25.6 Å². The minimum Gasteiger partial charge on any atom is -0.383 e. The molecule has 0 aliphatic carbocycles. The molecule has 2 heterocycles. The Hall–Kier alpha value is -1.82. The van der Waals surface area contributed by atoms with E-state index in [0.29, 0.717) is 6.61 Å². The van der Waals surface area contributed by atoms with E-state index in [1.165, 1.54) is 0 Å². The highest BCUT2D eigenvalue weighted by atomic mass is 16.5. The summed E-state index contributed by atoms with van der Waals surface area (Å²) in [4.78, 5) is 8.81. The van der Waals surface area contributed by atoms with Crippen LogP contribution < -0.4 is 5.32 Å². The molecule has 104 valence electrons. The second-order valence-electron chi connectivity index (χ2n) is 4.52. The van der Waals surface area contributed by atoms with Gasteiger partial charge in [-0.25, -0.2) is 9.97 Å². The lowest BCUT2D eigenvalue weighted by molar-refractivity contribution is 0.210. The first-order valence-corrected chi connectivity index (χ1v) is 6.43. The molecule has 2 aromatic heterocycles. The second kappa shape index (κ2) is 6.38. The van der Waals surface area contributed by atoms with Crippen molar-refractivity contribution in [3.63, 3.8) is 0 Å². The van der Waals surface area contributed by atoms with Gasteiger partial charge in [0.05, 0.1) is 12.3 Å². The van der Waals surface area contributed by atoms with Gasteiger partial charge in [0.1, 0.15) is 5.82 Å². The molecule has 2 rings (SSSR count). The van der Waals surface area contributed by atoms with Gasteiger partial charge >= 0.3 is 0 Å². The third kappa shape index (κ3) is 3.57. The van der Waals surface area contributed by atoms with Crippen LogP contribution in [-0.2, 0) is 24.8 Å². The van der Waals surface area contributed by atoms with Crippen molar-refractivity contribution in [3.8, 4) is 0 Å². The lowest BCUT2D eigenvalue weighted by atomic mass is 10.4. The van der Waals surface area contributed by atoms with E-state index in [4.69, 9.17) is 4.74 Å². The van der Waals surface area contributed by atoms with E-state index in [-0.39, 0.29) is 0 Å².